The smallest absolute Gasteiger partial charge is 0.193 e. The summed E-state index contributed by atoms with van der Waals surface area (Å²) in [6.07, 6.45) is 1.08. The molecule has 0 spiro atoms. The first-order valence-electron chi connectivity index (χ1n) is 6.85. The molecule has 0 saturated carbocycles. The molecule has 1 aromatic rings. The molecule has 1 saturated heterocycles. The second kappa shape index (κ2) is 4.46. The fourth-order valence-electron chi connectivity index (χ4n) is 2.94. The second-order valence-corrected chi connectivity index (χ2v) is 5.57. The highest BCUT2D eigenvalue weighted by Gasteiger charge is 2.33. The van der Waals surface area contributed by atoms with Crippen LogP contribution in [0.2, 0.25) is 0 Å². The highest BCUT2D eigenvalue weighted by Crippen LogP contribution is 2.35. The van der Waals surface area contributed by atoms with E-state index in [4.69, 9.17) is 4.74 Å². The highest BCUT2D eigenvalue weighted by atomic mass is 16.5. The van der Waals surface area contributed by atoms with E-state index in [0.717, 1.165) is 49.9 Å². The number of rotatable bonds is 1. The summed E-state index contributed by atoms with van der Waals surface area (Å²) in [5, 5.41) is 7.47. The fourth-order valence-corrected chi connectivity index (χ4v) is 2.94. The lowest BCUT2D eigenvalue weighted by atomic mass is 10.1. The third-order valence-electron chi connectivity index (χ3n) is 4.09. The van der Waals surface area contributed by atoms with E-state index >= 15 is 0 Å². The average molecular weight is 250 g/mol. The minimum Gasteiger partial charge on any atom is -0.488 e. The van der Waals surface area contributed by atoms with E-state index in [1.165, 1.54) is 0 Å². The maximum Gasteiger partial charge on any atom is 0.193 e. The molecule has 1 N–H and O–H groups in total. The van der Waals surface area contributed by atoms with Gasteiger partial charge in [-0.15, -0.1) is 0 Å². The number of nitrogens with one attached hydrogen (secondary N) is 1. The van der Waals surface area contributed by atoms with Gasteiger partial charge < -0.3 is 9.64 Å². The summed E-state index contributed by atoms with van der Waals surface area (Å²) in [5.74, 6) is 1.97. The first-order chi connectivity index (χ1) is 8.66. The normalized spacial score (nSPS) is 24.4. The van der Waals surface area contributed by atoms with Crippen LogP contribution >= 0.6 is 0 Å². The number of nitrogens with zero attached hydrogens (tertiary/aromatic N) is 3. The molecule has 0 aliphatic carbocycles. The number of piperazine rings is 1. The van der Waals surface area contributed by atoms with Gasteiger partial charge in [0.2, 0.25) is 0 Å². The van der Waals surface area contributed by atoms with Crippen molar-refractivity contribution in [2.75, 3.05) is 31.1 Å². The Morgan fingerprint density at radius 3 is 3.00 bits per heavy atom. The van der Waals surface area contributed by atoms with E-state index < -0.39 is 0 Å². The Labute approximate surface area is 108 Å². The van der Waals surface area contributed by atoms with Crippen molar-refractivity contribution < 1.29 is 4.74 Å². The van der Waals surface area contributed by atoms with Crippen molar-refractivity contribution in [2.45, 2.75) is 39.3 Å². The molecule has 3 heterocycles. The van der Waals surface area contributed by atoms with E-state index in [2.05, 4.69) is 33.8 Å². The SMILES string of the molecule is Cc1[nH]nc2c1OCCC1CN(C(C)C)CCN21. The summed E-state index contributed by atoms with van der Waals surface area (Å²) in [6.45, 7) is 10.6. The molecule has 18 heavy (non-hydrogen) atoms. The first kappa shape index (κ1) is 11.8. The van der Waals surface area contributed by atoms with Gasteiger partial charge in [-0.25, -0.2) is 0 Å². The van der Waals surface area contributed by atoms with Gasteiger partial charge in [-0.2, -0.15) is 5.10 Å². The molecule has 100 valence electrons. The summed E-state index contributed by atoms with van der Waals surface area (Å²) in [6, 6.07) is 1.15. The maximum atomic E-state index is 5.85. The Morgan fingerprint density at radius 2 is 2.22 bits per heavy atom. The van der Waals surface area contributed by atoms with Crippen LogP contribution < -0.4 is 9.64 Å². The Hall–Kier alpha value is -1.23. The summed E-state index contributed by atoms with van der Waals surface area (Å²) >= 11 is 0. The molecule has 1 atom stereocenters. The Bertz CT molecular complexity index is 429. The van der Waals surface area contributed by atoms with Gasteiger partial charge in [0.05, 0.1) is 12.3 Å². The minimum absolute atomic E-state index is 0.532. The van der Waals surface area contributed by atoms with Crippen LogP contribution in [0.4, 0.5) is 5.82 Å². The van der Waals surface area contributed by atoms with Gasteiger partial charge in [-0.1, -0.05) is 0 Å². The van der Waals surface area contributed by atoms with Gasteiger partial charge >= 0.3 is 0 Å². The van der Waals surface area contributed by atoms with Crippen LogP contribution in [-0.2, 0) is 0 Å². The predicted octanol–water partition coefficient (Wildman–Crippen LogP) is 1.40. The number of H-pyrrole nitrogens is 1. The van der Waals surface area contributed by atoms with Crippen molar-refractivity contribution in [3.05, 3.63) is 5.69 Å². The van der Waals surface area contributed by atoms with Gasteiger partial charge in [0.15, 0.2) is 11.6 Å². The van der Waals surface area contributed by atoms with E-state index in [0.29, 0.717) is 12.1 Å². The molecule has 2 aliphatic heterocycles. The minimum atomic E-state index is 0.532. The maximum absolute atomic E-state index is 5.85. The predicted molar refractivity (Wildman–Crippen MR) is 71.3 cm³/mol. The highest BCUT2D eigenvalue weighted by molar-refractivity contribution is 5.56. The summed E-state index contributed by atoms with van der Waals surface area (Å²) in [4.78, 5) is 4.97. The number of ether oxygens (including phenoxy) is 1. The number of fused-ring (bicyclic) bond motifs is 3. The molecule has 1 fully saturated rings. The van der Waals surface area contributed by atoms with Crippen LogP contribution in [0, 0.1) is 6.92 Å². The Morgan fingerprint density at radius 1 is 1.39 bits per heavy atom. The number of hydrogen-bond donors (Lipinski definition) is 1. The van der Waals surface area contributed by atoms with Crippen LogP contribution in [0.15, 0.2) is 0 Å². The lowest BCUT2D eigenvalue weighted by Gasteiger charge is -2.42. The number of hydrogen-bond acceptors (Lipinski definition) is 4. The lowest BCUT2D eigenvalue weighted by molar-refractivity contribution is 0.171. The summed E-state index contributed by atoms with van der Waals surface area (Å²) in [5.41, 5.74) is 1.04. The van der Waals surface area contributed by atoms with Gasteiger partial charge in [-0.05, 0) is 20.8 Å². The van der Waals surface area contributed by atoms with E-state index in [9.17, 15) is 0 Å². The van der Waals surface area contributed by atoms with Crippen molar-refractivity contribution in [2.24, 2.45) is 0 Å². The molecule has 0 radical (unpaired) electrons. The van der Waals surface area contributed by atoms with Gasteiger partial charge in [0.25, 0.3) is 0 Å². The van der Waals surface area contributed by atoms with Crippen molar-refractivity contribution in [1.82, 2.24) is 15.1 Å². The van der Waals surface area contributed by atoms with Crippen molar-refractivity contribution in [3.8, 4) is 5.75 Å². The number of aromatic amines is 1. The van der Waals surface area contributed by atoms with Crippen LogP contribution in [0.1, 0.15) is 26.0 Å². The van der Waals surface area contributed by atoms with E-state index in [1.54, 1.807) is 0 Å². The Kier molecular flexibility index (Phi) is 2.93. The van der Waals surface area contributed by atoms with Crippen molar-refractivity contribution >= 4 is 5.82 Å². The quantitative estimate of drug-likeness (QED) is 0.818. The average Bonchev–Trinajstić information content (AvgIpc) is 2.61. The standard InChI is InChI=1S/C13H22N4O/c1-9(2)16-5-6-17-11(8-16)4-7-18-12-10(3)14-15-13(12)17/h9,11H,4-8H2,1-3H3,(H,14,15). The molecule has 1 aromatic heterocycles. The van der Waals surface area contributed by atoms with Crippen LogP contribution in [0.3, 0.4) is 0 Å². The molecule has 0 amide bonds. The van der Waals surface area contributed by atoms with E-state index in [1.807, 2.05) is 6.92 Å². The van der Waals surface area contributed by atoms with Gasteiger partial charge in [0, 0.05) is 38.1 Å². The second-order valence-electron chi connectivity index (χ2n) is 5.57. The van der Waals surface area contributed by atoms with Gasteiger partial charge in [0.1, 0.15) is 0 Å². The van der Waals surface area contributed by atoms with Crippen LogP contribution in [0.5, 0.6) is 5.75 Å². The Balaban J connectivity index is 1.86. The van der Waals surface area contributed by atoms with Gasteiger partial charge in [-0.3, -0.25) is 10.00 Å². The first-order valence-corrected chi connectivity index (χ1v) is 6.85. The lowest BCUT2D eigenvalue weighted by Crippen LogP contribution is -2.55. The largest absolute Gasteiger partial charge is 0.488 e. The molecule has 0 aromatic carbocycles. The zero-order valence-corrected chi connectivity index (χ0v) is 11.4. The molecule has 2 aliphatic rings. The monoisotopic (exact) mass is 250 g/mol. The molecular weight excluding hydrogens is 228 g/mol. The summed E-state index contributed by atoms with van der Waals surface area (Å²) < 4.78 is 5.85. The third-order valence-corrected chi connectivity index (χ3v) is 4.09. The molecule has 1 unspecified atom stereocenters. The van der Waals surface area contributed by atoms with Crippen molar-refractivity contribution in [3.63, 3.8) is 0 Å². The number of aromatic nitrogens is 2. The fraction of sp³-hybridized carbons (Fsp3) is 0.769. The molecule has 5 nitrogen and oxygen atoms in total. The molecular formula is C13H22N4O. The summed E-state index contributed by atoms with van der Waals surface area (Å²) in [7, 11) is 0. The molecule has 0 bridgehead atoms. The molecule has 3 rings (SSSR count). The van der Waals surface area contributed by atoms with Crippen LogP contribution in [0.25, 0.3) is 0 Å². The van der Waals surface area contributed by atoms with Crippen LogP contribution in [-0.4, -0.2) is 53.4 Å². The number of anilines is 1. The van der Waals surface area contributed by atoms with Crippen molar-refractivity contribution in [1.29, 1.82) is 0 Å². The zero-order chi connectivity index (χ0) is 12.7. The third kappa shape index (κ3) is 1.86. The topological polar surface area (TPSA) is 44.4 Å². The molecule has 5 heteroatoms. The zero-order valence-electron chi connectivity index (χ0n) is 11.4. The van der Waals surface area contributed by atoms with E-state index in [-0.39, 0.29) is 0 Å². The number of aryl methyl sites for hydroxylation is 1.